The molecule has 23 heavy (non-hydrogen) atoms. The zero-order chi connectivity index (χ0) is 16.8. The van der Waals surface area contributed by atoms with Crippen LogP contribution in [0.15, 0.2) is 24.3 Å². The highest BCUT2D eigenvalue weighted by Gasteiger charge is 2.34. The van der Waals surface area contributed by atoms with E-state index in [1.54, 1.807) is 29.2 Å². The Balaban J connectivity index is 2.02. The van der Waals surface area contributed by atoms with Gasteiger partial charge in [0, 0.05) is 37.8 Å². The number of anilines is 2. The summed E-state index contributed by atoms with van der Waals surface area (Å²) in [5, 5.41) is 5.58. The van der Waals surface area contributed by atoms with Crippen LogP contribution in [0.2, 0.25) is 0 Å². The van der Waals surface area contributed by atoms with Gasteiger partial charge >= 0.3 is 0 Å². The highest BCUT2D eigenvalue weighted by Crippen LogP contribution is 2.27. The topological polar surface area (TPSA) is 78.5 Å². The molecule has 1 aromatic carbocycles. The number of unbranched alkanes of at least 4 members (excludes halogenated alkanes) is 1. The predicted octanol–water partition coefficient (Wildman–Crippen LogP) is 1.91. The summed E-state index contributed by atoms with van der Waals surface area (Å²) in [6.07, 6.45) is 2.18. The third-order valence-corrected chi connectivity index (χ3v) is 3.80. The number of amides is 3. The number of carbonyl (C=O) groups is 3. The van der Waals surface area contributed by atoms with Crippen LogP contribution in [0.4, 0.5) is 11.4 Å². The van der Waals surface area contributed by atoms with Crippen molar-refractivity contribution in [3.63, 3.8) is 0 Å². The normalized spacial score (nSPS) is 17.2. The van der Waals surface area contributed by atoms with Gasteiger partial charge in [0.05, 0.1) is 5.92 Å². The number of hydrogen-bond acceptors (Lipinski definition) is 3. The number of hydrogen-bond donors (Lipinski definition) is 2. The highest BCUT2D eigenvalue weighted by molar-refractivity contribution is 6.01. The van der Waals surface area contributed by atoms with Gasteiger partial charge in [-0.25, -0.2) is 0 Å². The second-order valence-corrected chi connectivity index (χ2v) is 5.78. The van der Waals surface area contributed by atoms with Gasteiger partial charge in [0.1, 0.15) is 0 Å². The first kappa shape index (κ1) is 17.0. The molecule has 0 bridgehead atoms. The Morgan fingerprint density at radius 3 is 2.83 bits per heavy atom. The van der Waals surface area contributed by atoms with Crippen LogP contribution in [-0.4, -0.2) is 30.8 Å². The quantitative estimate of drug-likeness (QED) is 0.787. The van der Waals surface area contributed by atoms with Gasteiger partial charge in [-0.2, -0.15) is 0 Å². The summed E-state index contributed by atoms with van der Waals surface area (Å²) in [7, 11) is 0. The molecule has 1 aliphatic heterocycles. The van der Waals surface area contributed by atoms with Crippen LogP contribution in [0.25, 0.3) is 0 Å². The largest absolute Gasteiger partial charge is 0.356 e. The minimum absolute atomic E-state index is 0.0627. The Morgan fingerprint density at radius 2 is 2.13 bits per heavy atom. The highest BCUT2D eigenvalue weighted by atomic mass is 16.2. The van der Waals surface area contributed by atoms with Crippen molar-refractivity contribution in [3.05, 3.63) is 24.3 Å². The molecule has 0 aromatic heterocycles. The van der Waals surface area contributed by atoms with Crippen LogP contribution < -0.4 is 15.5 Å². The smallest absolute Gasteiger partial charge is 0.227 e. The van der Waals surface area contributed by atoms with Crippen LogP contribution in [-0.2, 0) is 14.4 Å². The molecule has 1 unspecified atom stereocenters. The zero-order valence-electron chi connectivity index (χ0n) is 13.6. The SMILES string of the molecule is CCCCNC(=O)C1CC(=O)N(c2cccc(NC(C)=O)c2)C1. The second kappa shape index (κ2) is 7.76. The Labute approximate surface area is 136 Å². The molecule has 0 saturated carbocycles. The fraction of sp³-hybridized carbons (Fsp3) is 0.471. The van der Waals surface area contributed by atoms with Gasteiger partial charge in [-0.3, -0.25) is 14.4 Å². The van der Waals surface area contributed by atoms with Crippen molar-refractivity contribution in [1.29, 1.82) is 0 Å². The summed E-state index contributed by atoms with van der Waals surface area (Å²) in [4.78, 5) is 37.1. The van der Waals surface area contributed by atoms with Gasteiger partial charge in [0.15, 0.2) is 0 Å². The van der Waals surface area contributed by atoms with Gasteiger partial charge in [0.25, 0.3) is 0 Å². The summed E-state index contributed by atoms with van der Waals surface area (Å²) in [5.41, 5.74) is 1.34. The molecule has 1 fully saturated rings. The third-order valence-electron chi connectivity index (χ3n) is 3.80. The number of nitrogens with zero attached hydrogens (tertiary/aromatic N) is 1. The van der Waals surface area contributed by atoms with Gasteiger partial charge < -0.3 is 15.5 Å². The maximum atomic E-state index is 12.2. The minimum atomic E-state index is -0.316. The van der Waals surface area contributed by atoms with Gasteiger partial charge in [0.2, 0.25) is 17.7 Å². The van der Waals surface area contributed by atoms with Crippen molar-refractivity contribution in [2.75, 3.05) is 23.3 Å². The lowest BCUT2D eigenvalue weighted by molar-refractivity contribution is -0.126. The predicted molar refractivity (Wildman–Crippen MR) is 89.1 cm³/mol. The first-order valence-corrected chi connectivity index (χ1v) is 7.97. The van der Waals surface area contributed by atoms with Crippen molar-refractivity contribution in [3.8, 4) is 0 Å². The maximum Gasteiger partial charge on any atom is 0.227 e. The number of benzene rings is 1. The zero-order valence-corrected chi connectivity index (χ0v) is 13.6. The van der Waals surface area contributed by atoms with Crippen LogP contribution >= 0.6 is 0 Å². The first-order valence-electron chi connectivity index (χ1n) is 7.97. The summed E-state index contributed by atoms with van der Waals surface area (Å²) >= 11 is 0. The molecule has 2 rings (SSSR count). The molecular formula is C17H23N3O3. The number of nitrogens with one attached hydrogen (secondary N) is 2. The van der Waals surface area contributed by atoms with Crippen LogP contribution in [0, 0.1) is 5.92 Å². The fourth-order valence-corrected chi connectivity index (χ4v) is 2.62. The van der Waals surface area contributed by atoms with E-state index in [0.717, 1.165) is 12.8 Å². The average molecular weight is 317 g/mol. The lowest BCUT2D eigenvalue weighted by Crippen LogP contribution is -2.33. The van der Waals surface area contributed by atoms with Crippen molar-refractivity contribution in [2.24, 2.45) is 5.92 Å². The standard InChI is InChI=1S/C17H23N3O3/c1-3-4-8-18-17(23)13-9-16(22)20(11-13)15-7-5-6-14(10-15)19-12(2)21/h5-7,10,13H,3-4,8-9,11H2,1-2H3,(H,18,23)(H,19,21). The van der Waals surface area contributed by atoms with Crippen LogP contribution in [0.3, 0.4) is 0 Å². The van der Waals surface area contributed by atoms with E-state index in [4.69, 9.17) is 0 Å². The Hall–Kier alpha value is -2.37. The molecule has 1 heterocycles. The summed E-state index contributed by atoms with van der Waals surface area (Å²) in [6.45, 7) is 4.53. The molecule has 3 amide bonds. The first-order chi connectivity index (χ1) is 11.0. The molecular weight excluding hydrogens is 294 g/mol. The molecule has 124 valence electrons. The second-order valence-electron chi connectivity index (χ2n) is 5.78. The Bertz CT molecular complexity index is 601. The summed E-state index contributed by atoms with van der Waals surface area (Å²) in [6, 6.07) is 7.10. The summed E-state index contributed by atoms with van der Waals surface area (Å²) < 4.78 is 0. The van der Waals surface area contributed by atoms with E-state index in [1.807, 2.05) is 0 Å². The van der Waals surface area contributed by atoms with Crippen LogP contribution in [0.5, 0.6) is 0 Å². The molecule has 6 nitrogen and oxygen atoms in total. The van der Waals surface area contributed by atoms with E-state index in [2.05, 4.69) is 17.6 Å². The van der Waals surface area contributed by atoms with E-state index in [9.17, 15) is 14.4 Å². The Morgan fingerprint density at radius 1 is 1.35 bits per heavy atom. The summed E-state index contributed by atoms with van der Waals surface area (Å²) in [5.74, 6) is -0.611. The van der Waals surface area contributed by atoms with Gasteiger partial charge in [-0.1, -0.05) is 19.4 Å². The van der Waals surface area contributed by atoms with Gasteiger partial charge in [-0.15, -0.1) is 0 Å². The average Bonchev–Trinajstić information content (AvgIpc) is 2.89. The monoisotopic (exact) mass is 317 g/mol. The van der Waals surface area contributed by atoms with E-state index < -0.39 is 0 Å². The Kier molecular flexibility index (Phi) is 5.73. The van der Waals surface area contributed by atoms with Crippen molar-refractivity contribution < 1.29 is 14.4 Å². The molecule has 1 aliphatic rings. The van der Waals surface area contributed by atoms with E-state index in [1.165, 1.54) is 6.92 Å². The van der Waals surface area contributed by atoms with E-state index >= 15 is 0 Å². The van der Waals surface area contributed by atoms with Crippen molar-refractivity contribution in [2.45, 2.75) is 33.1 Å². The molecule has 0 spiro atoms. The van der Waals surface area contributed by atoms with Crippen molar-refractivity contribution >= 4 is 29.1 Å². The molecule has 0 aliphatic carbocycles. The van der Waals surface area contributed by atoms with E-state index in [-0.39, 0.29) is 30.1 Å². The molecule has 1 atom stereocenters. The lowest BCUT2D eigenvalue weighted by atomic mass is 10.1. The molecule has 1 aromatic rings. The van der Waals surface area contributed by atoms with E-state index in [0.29, 0.717) is 24.5 Å². The molecule has 1 saturated heterocycles. The molecule has 6 heteroatoms. The minimum Gasteiger partial charge on any atom is -0.356 e. The molecule has 0 radical (unpaired) electrons. The van der Waals surface area contributed by atoms with Crippen molar-refractivity contribution in [1.82, 2.24) is 5.32 Å². The van der Waals surface area contributed by atoms with Gasteiger partial charge in [-0.05, 0) is 24.6 Å². The van der Waals surface area contributed by atoms with Crippen LogP contribution in [0.1, 0.15) is 33.1 Å². The number of rotatable bonds is 6. The molecule has 2 N–H and O–H groups in total. The fourth-order valence-electron chi connectivity index (χ4n) is 2.62. The number of carbonyl (C=O) groups excluding carboxylic acids is 3. The third kappa shape index (κ3) is 4.55. The lowest BCUT2D eigenvalue weighted by Gasteiger charge is -2.17. The maximum absolute atomic E-state index is 12.2.